The van der Waals surface area contributed by atoms with E-state index in [1.54, 1.807) is 0 Å². The van der Waals surface area contributed by atoms with Crippen molar-refractivity contribution in [3.63, 3.8) is 0 Å². The highest BCUT2D eigenvalue weighted by atomic mass is 16.5. The topological polar surface area (TPSA) is 41.5 Å². The van der Waals surface area contributed by atoms with Crippen LogP contribution in [0.15, 0.2) is 91.0 Å². The molecule has 2 N–H and O–H groups in total. The molecular formula is C25H27NO2. The Morgan fingerprint density at radius 2 is 1.36 bits per heavy atom. The van der Waals surface area contributed by atoms with Crippen LogP contribution in [-0.4, -0.2) is 30.0 Å². The molecule has 0 amide bonds. The van der Waals surface area contributed by atoms with E-state index in [2.05, 4.69) is 66.0 Å². The van der Waals surface area contributed by atoms with Gasteiger partial charge in [-0.15, -0.1) is 0 Å². The van der Waals surface area contributed by atoms with E-state index in [0.29, 0.717) is 6.61 Å². The van der Waals surface area contributed by atoms with Crippen LogP contribution in [-0.2, 0) is 11.3 Å². The number of hydrogen-bond acceptors (Lipinski definition) is 3. The maximum Gasteiger partial charge on any atom is 0.0927 e. The van der Waals surface area contributed by atoms with Crippen molar-refractivity contribution in [2.45, 2.75) is 37.1 Å². The maximum absolute atomic E-state index is 10.5. The Kier molecular flexibility index (Phi) is 6.17. The van der Waals surface area contributed by atoms with Crippen LogP contribution in [0.3, 0.4) is 0 Å². The molecule has 1 heterocycles. The molecule has 3 aromatic carbocycles. The lowest BCUT2D eigenvalue weighted by atomic mass is 9.82. The van der Waals surface area contributed by atoms with E-state index in [9.17, 15) is 5.11 Å². The van der Waals surface area contributed by atoms with Gasteiger partial charge in [0.2, 0.25) is 0 Å². The molecular weight excluding hydrogens is 346 g/mol. The van der Waals surface area contributed by atoms with Gasteiger partial charge in [0, 0.05) is 18.5 Å². The van der Waals surface area contributed by atoms with Crippen LogP contribution in [0.1, 0.15) is 29.0 Å². The van der Waals surface area contributed by atoms with E-state index < -0.39 is 6.10 Å². The Bertz CT molecular complexity index is 799. The maximum atomic E-state index is 10.5. The van der Waals surface area contributed by atoms with Gasteiger partial charge in [0.1, 0.15) is 0 Å². The summed E-state index contributed by atoms with van der Waals surface area (Å²) in [6.45, 7) is 1.10. The molecule has 1 unspecified atom stereocenters. The van der Waals surface area contributed by atoms with Gasteiger partial charge in [0.25, 0.3) is 0 Å². The molecule has 1 saturated heterocycles. The van der Waals surface area contributed by atoms with Gasteiger partial charge in [0.05, 0.1) is 18.8 Å². The molecule has 0 aliphatic carbocycles. The number of ether oxygens (including phenoxy) is 1. The summed E-state index contributed by atoms with van der Waals surface area (Å²) in [5, 5.41) is 14.0. The number of nitrogens with one attached hydrogen (secondary N) is 1. The van der Waals surface area contributed by atoms with E-state index in [1.807, 2.05) is 30.3 Å². The molecule has 28 heavy (non-hydrogen) atoms. The monoisotopic (exact) mass is 373 g/mol. The fourth-order valence-corrected chi connectivity index (χ4v) is 4.05. The van der Waals surface area contributed by atoms with Crippen molar-refractivity contribution in [1.29, 1.82) is 0 Å². The number of aliphatic hydroxyl groups excluding tert-OH is 1. The molecule has 4 rings (SSSR count). The standard InChI is InChI=1S/C25H27NO2/c27-23-18-28-24(16-22(23)26-17-19-10-4-1-5-11-19)25(20-12-6-2-7-13-20)21-14-8-3-9-15-21/h1-15,22-27H,16-18H2/t22?,23-,24+/m0/s1. The van der Waals surface area contributed by atoms with E-state index in [-0.39, 0.29) is 18.1 Å². The minimum atomic E-state index is -0.493. The first-order chi connectivity index (χ1) is 13.8. The Morgan fingerprint density at radius 3 is 1.93 bits per heavy atom. The Hall–Kier alpha value is -2.46. The zero-order valence-corrected chi connectivity index (χ0v) is 15.9. The van der Waals surface area contributed by atoms with Crippen molar-refractivity contribution in [1.82, 2.24) is 5.32 Å². The van der Waals surface area contributed by atoms with Gasteiger partial charge < -0.3 is 15.2 Å². The molecule has 1 fully saturated rings. The van der Waals surface area contributed by atoms with Gasteiger partial charge in [-0.05, 0) is 23.1 Å². The number of aliphatic hydroxyl groups is 1. The minimum absolute atomic E-state index is 0.00822. The van der Waals surface area contributed by atoms with E-state index in [0.717, 1.165) is 13.0 Å². The predicted octanol–water partition coefficient (Wildman–Crippen LogP) is 4.13. The first-order valence-electron chi connectivity index (χ1n) is 9.98. The summed E-state index contributed by atoms with van der Waals surface area (Å²) in [6.07, 6.45) is 0.288. The van der Waals surface area contributed by atoms with Crippen molar-refractivity contribution >= 4 is 0 Å². The lowest BCUT2D eigenvalue weighted by molar-refractivity contribution is -0.0791. The lowest BCUT2D eigenvalue weighted by Gasteiger charge is -2.38. The van der Waals surface area contributed by atoms with Gasteiger partial charge in [0.15, 0.2) is 0 Å². The van der Waals surface area contributed by atoms with Crippen LogP contribution >= 0.6 is 0 Å². The summed E-state index contributed by atoms with van der Waals surface area (Å²) >= 11 is 0. The molecule has 0 radical (unpaired) electrons. The van der Waals surface area contributed by atoms with Crippen molar-refractivity contribution in [3.8, 4) is 0 Å². The zero-order valence-electron chi connectivity index (χ0n) is 15.9. The van der Waals surface area contributed by atoms with Crippen LogP contribution < -0.4 is 5.32 Å². The average Bonchev–Trinajstić information content (AvgIpc) is 2.76. The summed E-state index contributed by atoms with van der Waals surface area (Å²) in [6, 6.07) is 31.4. The summed E-state index contributed by atoms with van der Waals surface area (Å²) in [5.74, 6) is 0.149. The molecule has 0 saturated carbocycles. The molecule has 0 aromatic heterocycles. The molecule has 1 aliphatic heterocycles. The van der Waals surface area contributed by atoms with Gasteiger partial charge in [-0.2, -0.15) is 0 Å². The van der Waals surface area contributed by atoms with Crippen molar-refractivity contribution in [3.05, 3.63) is 108 Å². The molecule has 3 atom stereocenters. The van der Waals surface area contributed by atoms with Crippen LogP contribution in [0.2, 0.25) is 0 Å². The van der Waals surface area contributed by atoms with Crippen LogP contribution in [0, 0.1) is 0 Å². The Labute approximate surface area is 167 Å². The van der Waals surface area contributed by atoms with Gasteiger partial charge in [-0.25, -0.2) is 0 Å². The van der Waals surface area contributed by atoms with Gasteiger partial charge in [-0.1, -0.05) is 91.0 Å². The van der Waals surface area contributed by atoms with E-state index in [1.165, 1.54) is 16.7 Å². The highest BCUT2D eigenvalue weighted by Crippen LogP contribution is 2.34. The van der Waals surface area contributed by atoms with Gasteiger partial charge >= 0.3 is 0 Å². The van der Waals surface area contributed by atoms with Crippen molar-refractivity contribution in [2.24, 2.45) is 0 Å². The summed E-state index contributed by atoms with van der Waals surface area (Å²) in [5.41, 5.74) is 3.72. The van der Waals surface area contributed by atoms with Crippen LogP contribution in [0.5, 0.6) is 0 Å². The fraction of sp³-hybridized carbons (Fsp3) is 0.280. The van der Waals surface area contributed by atoms with Crippen LogP contribution in [0.4, 0.5) is 0 Å². The van der Waals surface area contributed by atoms with Crippen LogP contribution in [0.25, 0.3) is 0 Å². The molecule has 1 aliphatic rings. The normalized spacial score (nSPS) is 22.3. The second kappa shape index (κ2) is 9.16. The summed E-state index contributed by atoms with van der Waals surface area (Å²) in [4.78, 5) is 0. The number of rotatable bonds is 6. The smallest absolute Gasteiger partial charge is 0.0927 e. The second-order valence-corrected chi connectivity index (χ2v) is 7.45. The third kappa shape index (κ3) is 4.50. The Morgan fingerprint density at radius 1 is 0.821 bits per heavy atom. The summed E-state index contributed by atoms with van der Waals surface area (Å²) in [7, 11) is 0. The largest absolute Gasteiger partial charge is 0.389 e. The SMILES string of the molecule is O[C@H]1CO[C@@H](C(c2ccccc2)c2ccccc2)CC1NCc1ccccc1. The first kappa shape index (κ1) is 18.9. The highest BCUT2D eigenvalue weighted by molar-refractivity contribution is 5.34. The molecule has 144 valence electrons. The van der Waals surface area contributed by atoms with Crippen molar-refractivity contribution < 1.29 is 9.84 Å². The summed E-state index contributed by atoms with van der Waals surface area (Å²) < 4.78 is 6.15. The number of benzene rings is 3. The minimum Gasteiger partial charge on any atom is -0.389 e. The molecule has 3 aromatic rings. The zero-order chi connectivity index (χ0) is 19.2. The van der Waals surface area contributed by atoms with E-state index in [4.69, 9.17) is 4.74 Å². The molecule has 0 bridgehead atoms. The molecule has 3 nitrogen and oxygen atoms in total. The average molecular weight is 373 g/mol. The molecule has 0 spiro atoms. The van der Waals surface area contributed by atoms with Crippen molar-refractivity contribution in [2.75, 3.05) is 6.61 Å². The molecule has 3 heteroatoms. The second-order valence-electron chi connectivity index (χ2n) is 7.45. The third-order valence-corrected chi connectivity index (χ3v) is 5.53. The number of hydrogen-bond donors (Lipinski definition) is 2. The predicted molar refractivity (Wildman–Crippen MR) is 112 cm³/mol. The highest BCUT2D eigenvalue weighted by Gasteiger charge is 2.35. The third-order valence-electron chi connectivity index (χ3n) is 5.53. The first-order valence-corrected chi connectivity index (χ1v) is 9.98. The van der Waals surface area contributed by atoms with Gasteiger partial charge in [-0.3, -0.25) is 0 Å². The quantitative estimate of drug-likeness (QED) is 0.683. The lowest BCUT2D eigenvalue weighted by Crippen LogP contribution is -2.50. The fourth-order valence-electron chi connectivity index (χ4n) is 4.05. The Balaban J connectivity index is 1.53. The van der Waals surface area contributed by atoms with E-state index >= 15 is 0 Å².